The molecular weight excluding hydrogens is 316 g/mol. The van der Waals surface area contributed by atoms with Crippen molar-refractivity contribution in [1.29, 1.82) is 0 Å². The normalized spacial score (nSPS) is 15.8. The third-order valence-corrected chi connectivity index (χ3v) is 4.89. The molecule has 1 fully saturated rings. The van der Waals surface area contributed by atoms with E-state index in [0.29, 0.717) is 30.8 Å². The van der Waals surface area contributed by atoms with Crippen LogP contribution >= 0.6 is 0 Å². The lowest BCUT2D eigenvalue weighted by Crippen LogP contribution is -2.21. The second-order valence-electron chi connectivity index (χ2n) is 6.83. The molecule has 0 atom stereocenters. The van der Waals surface area contributed by atoms with Gasteiger partial charge in [-0.15, -0.1) is 0 Å². The number of carbonyl (C=O) groups excluding carboxylic acids is 2. The largest absolute Gasteiger partial charge is 0.463 e. The molecule has 4 heteroatoms. The zero-order chi connectivity index (χ0) is 18.5. The number of ether oxygens (including phenoxy) is 2. The van der Waals surface area contributed by atoms with Crippen LogP contribution in [0.4, 0.5) is 0 Å². The van der Waals surface area contributed by atoms with E-state index in [2.05, 4.69) is 6.92 Å². The molecule has 0 radical (unpaired) electrons. The molecule has 144 valence electrons. The van der Waals surface area contributed by atoms with Gasteiger partial charge < -0.3 is 9.47 Å². The van der Waals surface area contributed by atoms with Crippen LogP contribution in [0.3, 0.4) is 0 Å². The Balaban J connectivity index is 2.89. The van der Waals surface area contributed by atoms with Crippen molar-refractivity contribution in [1.82, 2.24) is 0 Å². The van der Waals surface area contributed by atoms with E-state index in [4.69, 9.17) is 9.47 Å². The van der Waals surface area contributed by atoms with Gasteiger partial charge in [0.15, 0.2) is 0 Å². The molecule has 0 spiro atoms. The Labute approximate surface area is 153 Å². The molecule has 0 unspecified atom stereocenters. The molecule has 0 aromatic rings. The fourth-order valence-electron chi connectivity index (χ4n) is 3.61. The van der Waals surface area contributed by atoms with Crippen LogP contribution < -0.4 is 0 Å². The van der Waals surface area contributed by atoms with E-state index in [9.17, 15) is 9.59 Å². The topological polar surface area (TPSA) is 52.6 Å². The summed E-state index contributed by atoms with van der Waals surface area (Å²) in [6, 6.07) is 0. The number of rotatable bonds is 12. The molecule has 0 aliphatic heterocycles. The van der Waals surface area contributed by atoms with E-state index in [1.54, 1.807) is 6.92 Å². The minimum absolute atomic E-state index is 0.151. The van der Waals surface area contributed by atoms with Crippen LogP contribution in [0.1, 0.15) is 91.4 Å². The molecule has 1 aliphatic carbocycles. The average molecular weight is 353 g/mol. The predicted molar refractivity (Wildman–Crippen MR) is 100 cm³/mol. The predicted octanol–water partition coefficient (Wildman–Crippen LogP) is 5.35. The lowest BCUT2D eigenvalue weighted by Gasteiger charge is -2.18. The van der Waals surface area contributed by atoms with E-state index < -0.39 is 0 Å². The second kappa shape index (κ2) is 13.0. The van der Waals surface area contributed by atoms with E-state index >= 15 is 0 Å². The Morgan fingerprint density at radius 1 is 0.800 bits per heavy atom. The zero-order valence-electron chi connectivity index (χ0n) is 16.4. The first-order valence-corrected chi connectivity index (χ1v) is 10.2. The summed E-state index contributed by atoms with van der Waals surface area (Å²) in [6.07, 6.45) is 11.7. The summed E-state index contributed by atoms with van der Waals surface area (Å²) in [4.78, 5) is 25.1. The maximum Gasteiger partial charge on any atom is 0.334 e. The van der Waals surface area contributed by atoms with Gasteiger partial charge in [-0.05, 0) is 45.4 Å². The summed E-state index contributed by atoms with van der Waals surface area (Å²) in [5.41, 5.74) is 1.18. The van der Waals surface area contributed by atoms with Crippen molar-refractivity contribution >= 4 is 11.9 Å². The van der Waals surface area contributed by atoms with Crippen molar-refractivity contribution in [2.45, 2.75) is 91.4 Å². The van der Waals surface area contributed by atoms with Crippen LogP contribution in [-0.4, -0.2) is 25.2 Å². The van der Waals surface area contributed by atoms with Crippen molar-refractivity contribution in [3.8, 4) is 0 Å². The van der Waals surface area contributed by atoms with Crippen molar-refractivity contribution in [3.05, 3.63) is 11.1 Å². The van der Waals surface area contributed by atoms with E-state index in [1.807, 2.05) is 6.92 Å². The molecule has 0 aromatic heterocycles. The molecule has 0 aromatic carbocycles. The Hall–Kier alpha value is -1.32. The van der Waals surface area contributed by atoms with Gasteiger partial charge in [0.05, 0.1) is 18.8 Å². The van der Waals surface area contributed by atoms with Crippen molar-refractivity contribution in [3.63, 3.8) is 0 Å². The van der Waals surface area contributed by atoms with Crippen LogP contribution in [0, 0.1) is 5.92 Å². The lowest BCUT2D eigenvalue weighted by atomic mass is 9.90. The van der Waals surface area contributed by atoms with Crippen LogP contribution in [0.15, 0.2) is 11.1 Å². The van der Waals surface area contributed by atoms with Crippen molar-refractivity contribution in [2.24, 2.45) is 5.92 Å². The van der Waals surface area contributed by atoms with Gasteiger partial charge in [0.1, 0.15) is 0 Å². The molecule has 0 bridgehead atoms. The van der Waals surface area contributed by atoms with E-state index in [-0.39, 0.29) is 17.9 Å². The van der Waals surface area contributed by atoms with Gasteiger partial charge in [-0.25, -0.2) is 9.59 Å². The van der Waals surface area contributed by atoms with Crippen LogP contribution in [-0.2, 0) is 19.1 Å². The standard InChI is InChI=1S/C21H36O4/c1-4-7-8-9-10-11-16-18(20(22)24-5-2)19(21(23)25-6-3)17-14-12-13-15-17/h17H,4-16H2,1-3H3/b19-18-. The molecule has 1 rings (SSSR count). The first kappa shape index (κ1) is 21.7. The fourth-order valence-corrected chi connectivity index (χ4v) is 3.61. The van der Waals surface area contributed by atoms with Gasteiger partial charge in [0, 0.05) is 5.57 Å². The highest BCUT2D eigenvalue weighted by atomic mass is 16.5. The smallest absolute Gasteiger partial charge is 0.334 e. The number of hydrogen-bond donors (Lipinski definition) is 0. The van der Waals surface area contributed by atoms with Crippen LogP contribution in [0.2, 0.25) is 0 Å². The fraction of sp³-hybridized carbons (Fsp3) is 0.810. The first-order valence-electron chi connectivity index (χ1n) is 10.2. The summed E-state index contributed by atoms with van der Waals surface area (Å²) >= 11 is 0. The first-order chi connectivity index (χ1) is 12.2. The maximum atomic E-state index is 12.6. The van der Waals surface area contributed by atoms with Gasteiger partial charge in [0.2, 0.25) is 0 Å². The highest BCUT2D eigenvalue weighted by Gasteiger charge is 2.31. The summed E-state index contributed by atoms with van der Waals surface area (Å²) in [5, 5.41) is 0. The molecule has 25 heavy (non-hydrogen) atoms. The monoisotopic (exact) mass is 352 g/mol. The summed E-state index contributed by atoms with van der Waals surface area (Å²) in [6.45, 7) is 6.48. The van der Waals surface area contributed by atoms with Crippen molar-refractivity contribution < 1.29 is 19.1 Å². The molecule has 0 N–H and O–H groups in total. The highest BCUT2D eigenvalue weighted by molar-refractivity contribution is 6.00. The van der Waals surface area contributed by atoms with E-state index in [0.717, 1.165) is 38.5 Å². The molecular formula is C21H36O4. The third kappa shape index (κ3) is 7.62. The number of carbonyl (C=O) groups is 2. The van der Waals surface area contributed by atoms with Gasteiger partial charge in [-0.3, -0.25) is 0 Å². The van der Waals surface area contributed by atoms with Gasteiger partial charge in [-0.1, -0.05) is 51.9 Å². The number of esters is 2. The van der Waals surface area contributed by atoms with Crippen LogP contribution in [0.25, 0.3) is 0 Å². The minimum atomic E-state index is -0.328. The molecule has 0 amide bonds. The SMILES string of the molecule is CCCCCCCC/C(C(=O)OCC)=C(/C(=O)OCC)C1CCCC1. The Morgan fingerprint density at radius 3 is 1.96 bits per heavy atom. The molecule has 0 heterocycles. The highest BCUT2D eigenvalue weighted by Crippen LogP contribution is 2.35. The minimum Gasteiger partial charge on any atom is -0.463 e. The summed E-state index contributed by atoms with van der Waals surface area (Å²) in [7, 11) is 0. The Morgan fingerprint density at radius 2 is 1.36 bits per heavy atom. The Kier molecular flexibility index (Phi) is 11.3. The lowest BCUT2D eigenvalue weighted by molar-refractivity contribution is -0.142. The zero-order valence-corrected chi connectivity index (χ0v) is 16.4. The number of hydrogen-bond acceptors (Lipinski definition) is 4. The van der Waals surface area contributed by atoms with E-state index in [1.165, 1.54) is 25.7 Å². The molecule has 1 aliphatic rings. The van der Waals surface area contributed by atoms with Crippen LogP contribution in [0.5, 0.6) is 0 Å². The Bertz CT molecular complexity index is 433. The van der Waals surface area contributed by atoms with Crippen molar-refractivity contribution in [2.75, 3.05) is 13.2 Å². The maximum absolute atomic E-state index is 12.6. The summed E-state index contributed by atoms with van der Waals surface area (Å²) < 4.78 is 10.5. The van der Waals surface area contributed by atoms with Gasteiger partial charge in [0.25, 0.3) is 0 Å². The second-order valence-corrected chi connectivity index (χ2v) is 6.83. The molecule has 4 nitrogen and oxygen atoms in total. The quantitative estimate of drug-likeness (QED) is 0.270. The number of unbranched alkanes of at least 4 members (excludes halogenated alkanes) is 5. The van der Waals surface area contributed by atoms with Gasteiger partial charge >= 0.3 is 11.9 Å². The van der Waals surface area contributed by atoms with Gasteiger partial charge in [-0.2, -0.15) is 0 Å². The molecule has 1 saturated carbocycles. The third-order valence-electron chi connectivity index (χ3n) is 4.89. The average Bonchev–Trinajstić information content (AvgIpc) is 3.11. The molecule has 0 saturated heterocycles. The summed E-state index contributed by atoms with van der Waals surface area (Å²) in [5.74, 6) is -0.493.